The Hall–Kier alpha value is -3.03. The van der Waals surface area contributed by atoms with Crippen molar-refractivity contribution in [2.24, 2.45) is 0 Å². The highest BCUT2D eigenvalue weighted by atomic mass is 15.4. The summed E-state index contributed by atoms with van der Waals surface area (Å²) in [7, 11) is 0. The molecule has 8 nitrogen and oxygen atoms in total. The molecule has 132 valence electrons. The van der Waals surface area contributed by atoms with Gasteiger partial charge >= 0.3 is 0 Å². The maximum absolute atomic E-state index is 4.57. The highest BCUT2D eigenvalue weighted by Gasteiger charge is 2.24. The average molecular weight is 348 g/mol. The number of hydrogen-bond donors (Lipinski definition) is 0. The van der Waals surface area contributed by atoms with E-state index in [-0.39, 0.29) is 0 Å². The van der Waals surface area contributed by atoms with E-state index in [1.165, 1.54) is 17.7 Å². The third kappa shape index (κ3) is 2.67. The van der Waals surface area contributed by atoms with Crippen molar-refractivity contribution in [3.05, 3.63) is 48.2 Å². The van der Waals surface area contributed by atoms with Gasteiger partial charge in [0.1, 0.15) is 12.1 Å². The monoisotopic (exact) mass is 348 g/mol. The van der Waals surface area contributed by atoms with Gasteiger partial charge in [-0.1, -0.05) is 0 Å². The molecule has 0 bridgehead atoms. The van der Waals surface area contributed by atoms with E-state index in [1.807, 2.05) is 24.4 Å². The summed E-state index contributed by atoms with van der Waals surface area (Å²) in [5, 5.41) is 12.9. The summed E-state index contributed by atoms with van der Waals surface area (Å²) in [5.74, 6) is 2.77. The minimum Gasteiger partial charge on any atom is -0.353 e. The highest BCUT2D eigenvalue weighted by molar-refractivity contribution is 5.52. The molecule has 26 heavy (non-hydrogen) atoms. The van der Waals surface area contributed by atoms with Crippen LogP contribution in [0, 0.1) is 0 Å². The van der Waals surface area contributed by atoms with Crippen molar-refractivity contribution in [1.29, 1.82) is 0 Å². The summed E-state index contributed by atoms with van der Waals surface area (Å²) in [6.07, 6.45) is 8.70. The van der Waals surface area contributed by atoms with Crippen LogP contribution in [0.4, 0.5) is 11.6 Å². The predicted molar refractivity (Wildman–Crippen MR) is 97.6 cm³/mol. The van der Waals surface area contributed by atoms with Crippen molar-refractivity contribution < 1.29 is 0 Å². The number of aryl methyl sites for hydroxylation is 1. The van der Waals surface area contributed by atoms with Gasteiger partial charge in [0, 0.05) is 49.8 Å². The first-order chi connectivity index (χ1) is 12.9. The molecule has 0 saturated carbocycles. The smallest absolute Gasteiger partial charge is 0.175 e. The molecule has 3 aromatic heterocycles. The van der Waals surface area contributed by atoms with E-state index >= 15 is 0 Å². The second-order valence-electron chi connectivity index (χ2n) is 6.65. The van der Waals surface area contributed by atoms with Gasteiger partial charge in [-0.3, -0.25) is 0 Å². The molecule has 0 radical (unpaired) electrons. The number of nitrogens with zero attached hydrogens (tertiary/aromatic N) is 8. The molecular formula is C18H20N8. The van der Waals surface area contributed by atoms with Gasteiger partial charge in [-0.05, 0) is 37.5 Å². The van der Waals surface area contributed by atoms with E-state index in [0.717, 1.165) is 56.5 Å². The molecule has 0 amide bonds. The van der Waals surface area contributed by atoms with Gasteiger partial charge in [-0.25, -0.2) is 14.6 Å². The van der Waals surface area contributed by atoms with Crippen LogP contribution in [0.3, 0.4) is 0 Å². The van der Waals surface area contributed by atoms with Crippen LogP contribution >= 0.6 is 0 Å². The van der Waals surface area contributed by atoms with Crippen molar-refractivity contribution in [3.8, 4) is 5.82 Å². The molecule has 1 fully saturated rings. The van der Waals surface area contributed by atoms with Crippen molar-refractivity contribution in [2.45, 2.75) is 19.3 Å². The summed E-state index contributed by atoms with van der Waals surface area (Å²) < 4.78 is 1.71. The normalized spacial score (nSPS) is 16.8. The minimum atomic E-state index is 0.730. The van der Waals surface area contributed by atoms with Crippen LogP contribution in [0.15, 0.2) is 36.9 Å². The Morgan fingerprint density at radius 2 is 1.65 bits per heavy atom. The van der Waals surface area contributed by atoms with Gasteiger partial charge in [0.25, 0.3) is 0 Å². The molecule has 2 aliphatic rings. The third-order valence-electron chi connectivity index (χ3n) is 5.13. The Kier molecular flexibility index (Phi) is 3.73. The second kappa shape index (κ2) is 6.36. The first-order valence-electron chi connectivity index (χ1n) is 9.05. The molecule has 8 heteroatoms. The average Bonchev–Trinajstić information content (AvgIpc) is 3.40. The molecule has 0 atom stereocenters. The van der Waals surface area contributed by atoms with E-state index in [2.05, 4.69) is 35.1 Å². The maximum Gasteiger partial charge on any atom is 0.175 e. The van der Waals surface area contributed by atoms with Gasteiger partial charge in [-0.2, -0.15) is 5.10 Å². The standard InChI is InChI=1S/C18H20N8/c1-3-14-15(4-1)19-13-20-18(14)25-11-9-24(10-12-25)16-5-6-17(23-22-16)26-8-2-7-21-26/h2,5-8,13H,1,3-4,9-12H2. The van der Waals surface area contributed by atoms with Crippen LogP contribution in [-0.4, -0.2) is 56.1 Å². The fraction of sp³-hybridized carbons (Fsp3) is 0.389. The first kappa shape index (κ1) is 15.2. The van der Waals surface area contributed by atoms with Gasteiger partial charge < -0.3 is 9.80 Å². The summed E-state index contributed by atoms with van der Waals surface area (Å²) in [6.45, 7) is 3.70. The van der Waals surface area contributed by atoms with Gasteiger partial charge in [0.2, 0.25) is 0 Å². The molecule has 0 spiro atoms. The quantitative estimate of drug-likeness (QED) is 0.705. The van der Waals surface area contributed by atoms with Crippen LogP contribution in [0.5, 0.6) is 0 Å². The molecule has 4 heterocycles. The highest BCUT2D eigenvalue weighted by Crippen LogP contribution is 2.28. The molecule has 1 saturated heterocycles. The van der Waals surface area contributed by atoms with Crippen LogP contribution in [0.1, 0.15) is 17.7 Å². The first-order valence-corrected chi connectivity index (χ1v) is 9.05. The van der Waals surface area contributed by atoms with Crippen LogP contribution in [0.25, 0.3) is 5.82 Å². The Morgan fingerprint density at radius 3 is 2.42 bits per heavy atom. The predicted octanol–water partition coefficient (Wildman–Crippen LogP) is 1.27. The Morgan fingerprint density at radius 1 is 0.846 bits per heavy atom. The topological polar surface area (TPSA) is 75.9 Å². The maximum atomic E-state index is 4.57. The zero-order valence-electron chi connectivity index (χ0n) is 14.5. The lowest BCUT2D eigenvalue weighted by molar-refractivity contribution is 0.634. The zero-order chi connectivity index (χ0) is 17.3. The van der Waals surface area contributed by atoms with Crippen molar-refractivity contribution >= 4 is 11.6 Å². The lowest BCUT2D eigenvalue weighted by atomic mass is 10.2. The number of piperazine rings is 1. The van der Waals surface area contributed by atoms with E-state index in [0.29, 0.717) is 0 Å². The van der Waals surface area contributed by atoms with E-state index in [1.54, 1.807) is 17.2 Å². The number of hydrogen-bond acceptors (Lipinski definition) is 7. The summed E-state index contributed by atoms with van der Waals surface area (Å²) in [6, 6.07) is 5.85. The fourth-order valence-electron chi connectivity index (χ4n) is 3.78. The fourth-order valence-corrected chi connectivity index (χ4v) is 3.78. The lowest BCUT2D eigenvalue weighted by Crippen LogP contribution is -2.47. The molecule has 1 aliphatic heterocycles. The van der Waals surface area contributed by atoms with Crippen LogP contribution < -0.4 is 9.80 Å². The Bertz CT molecular complexity index is 882. The molecule has 1 aliphatic carbocycles. The second-order valence-corrected chi connectivity index (χ2v) is 6.65. The molecule has 0 aromatic carbocycles. The third-order valence-corrected chi connectivity index (χ3v) is 5.13. The molecule has 0 unspecified atom stereocenters. The van der Waals surface area contributed by atoms with E-state index in [4.69, 9.17) is 0 Å². The van der Waals surface area contributed by atoms with Gasteiger partial charge in [0.05, 0.1) is 0 Å². The number of rotatable bonds is 3. The molecular weight excluding hydrogens is 328 g/mol. The van der Waals surface area contributed by atoms with Crippen molar-refractivity contribution in [2.75, 3.05) is 36.0 Å². The molecule has 5 rings (SSSR count). The lowest BCUT2D eigenvalue weighted by Gasteiger charge is -2.36. The van der Waals surface area contributed by atoms with Crippen LogP contribution in [-0.2, 0) is 12.8 Å². The van der Waals surface area contributed by atoms with Crippen LogP contribution in [0.2, 0.25) is 0 Å². The summed E-state index contributed by atoms with van der Waals surface area (Å²) in [5.41, 5.74) is 2.59. The Balaban J connectivity index is 1.28. The summed E-state index contributed by atoms with van der Waals surface area (Å²) in [4.78, 5) is 13.7. The molecule has 3 aromatic rings. The molecule has 0 N–H and O–H groups in total. The van der Waals surface area contributed by atoms with Crippen molar-refractivity contribution in [1.82, 2.24) is 29.9 Å². The number of aromatic nitrogens is 6. The van der Waals surface area contributed by atoms with E-state index in [9.17, 15) is 0 Å². The number of fused-ring (bicyclic) bond motifs is 1. The SMILES string of the molecule is c1cnn(-c2ccc(N3CCN(c4ncnc5c4CCC5)CC3)nn2)c1. The van der Waals surface area contributed by atoms with E-state index < -0.39 is 0 Å². The largest absolute Gasteiger partial charge is 0.353 e. The Labute approximate surface area is 151 Å². The summed E-state index contributed by atoms with van der Waals surface area (Å²) >= 11 is 0. The zero-order valence-corrected chi connectivity index (χ0v) is 14.5. The van der Waals surface area contributed by atoms with Gasteiger partial charge in [0.15, 0.2) is 11.6 Å². The minimum absolute atomic E-state index is 0.730. The van der Waals surface area contributed by atoms with Gasteiger partial charge in [-0.15, -0.1) is 10.2 Å². The number of anilines is 2. The van der Waals surface area contributed by atoms with Crippen molar-refractivity contribution in [3.63, 3.8) is 0 Å².